The van der Waals surface area contributed by atoms with E-state index in [2.05, 4.69) is 10.5 Å². The van der Waals surface area contributed by atoms with Crippen LogP contribution in [0.3, 0.4) is 0 Å². The van der Waals surface area contributed by atoms with Crippen molar-refractivity contribution in [3.63, 3.8) is 0 Å². The van der Waals surface area contributed by atoms with Crippen LogP contribution in [0.1, 0.15) is 30.9 Å². The second-order valence-corrected chi connectivity index (χ2v) is 8.82. The first kappa shape index (κ1) is 28.9. The van der Waals surface area contributed by atoms with Crippen molar-refractivity contribution in [2.75, 3.05) is 41.2 Å². The summed E-state index contributed by atoms with van der Waals surface area (Å²) in [7, 11) is 4.55. The predicted octanol–water partition coefficient (Wildman–Crippen LogP) is 3.45. The fraction of sp³-hybridized carbons (Fsp3) is 0.464. The number of hydrogen-bond acceptors (Lipinski definition) is 8. The SMILES string of the molecule is CCOCc1cc(OC)c(-c2ccc(C[C@H](NC(=O)/C(=N\OC)C3CCOCC3)C(=O)O)cc2)c(OC)c1. The fourth-order valence-corrected chi connectivity index (χ4v) is 4.40. The Morgan fingerprint density at radius 1 is 1.05 bits per heavy atom. The molecule has 1 saturated heterocycles. The van der Waals surface area contributed by atoms with Crippen molar-refractivity contribution in [3.8, 4) is 22.6 Å². The van der Waals surface area contributed by atoms with Gasteiger partial charge in [0.1, 0.15) is 30.4 Å². The second-order valence-electron chi connectivity index (χ2n) is 8.82. The lowest BCUT2D eigenvalue weighted by molar-refractivity contribution is -0.141. The first-order valence-corrected chi connectivity index (χ1v) is 12.6. The van der Waals surface area contributed by atoms with Gasteiger partial charge in [-0.1, -0.05) is 29.4 Å². The summed E-state index contributed by atoms with van der Waals surface area (Å²) in [5.74, 6) is -0.563. The van der Waals surface area contributed by atoms with E-state index in [1.807, 2.05) is 43.3 Å². The Hall–Kier alpha value is -3.63. The number of carbonyl (C=O) groups excluding carboxylic acids is 1. The lowest BCUT2D eigenvalue weighted by Crippen LogP contribution is -2.47. The molecule has 1 aliphatic heterocycles. The molecule has 0 aromatic heterocycles. The van der Waals surface area contributed by atoms with Gasteiger partial charge in [-0.3, -0.25) is 4.79 Å². The van der Waals surface area contributed by atoms with Crippen LogP contribution >= 0.6 is 0 Å². The van der Waals surface area contributed by atoms with E-state index in [4.69, 9.17) is 23.8 Å². The van der Waals surface area contributed by atoms with E-state index in [9.17, 15) is 14.7 Å². The van der Waals surface area contributed by atoms with E-state index in [0.717, 1.165) is 22.3 Å². The van der Waals surface area contributed by atoms with Gasteiger partial charge in [-0.2, -0.15) is 0 Å². The third-order valence-electron chi connectivity index (χ3n) is 6.35. The Morgan fingerprint density at radius 3 is 2.21 bits per heavy atom. The molecule has 206 valence electrons. The summed E-state index contributed by atoms with van der Waals surface area (Å²) in [6.45, 7) is 4.00. The van der Waals surface area contributed by atoms with Gasteiger partial charge in [0.15, 0.2) is 0 Å². The molecular weight excluding hydrogens is 492 g/mol. The van der Waals surface area contributed by atoms with Crippen molar-refractivity contribution >= 4 is 17.6 Å². The molecule has 10 nitrogen and oxygen atoms in total. The van der Waals surface area contributed by atoms with Gasteiger partial charge in [-0.05, 0) is 48.6 Å². The summed E-state index contributed by atoms with van der Waals surface area (Å²) in [5.41, 5.74) is 3.48. The van der Waals surface area contributed by atoms with E-state index in [-0.39, 0.29) is 18.1 Å². The molecule has 10 heteroatoms. The molecular formula is C28H36N2O8. The number of ether oxygens (including phenoxy) is 4. The summed E-state index contributed by atoms with van der Waals surface area (Å²) >= 11 is 0. The number of rotatable bonds is 13. The maximum Gasteiger partial charge on any atom is 0.326 e. The molecule has 38 heavy (non-hydrogen) atoms. The van der Waals surface area contributed by atoms with Gasteiger partial charge in [-0.15, -0.1) is 0 Å². The number of nitrogens with one attached hydrogen (secondary N) is 1. The molecule has 0 unspecified atom stereocenters. The summed E-state index contributed by atoms with van der Waals surface area (Å²) in [5, 5.41) is 16.3. The molecule has 1 aliphatic rings. The monoisotopic (exact) mass is 528 g/mol. The summed E-state index contributed by atoms with van der Waals surface area (Å²) in [6.07, 6.45) is 1.33. The van der Waals surface area contributed by atoms with Crippen LogP contribution in [0.25, 0.3) is 11.1 Å². The van der Waals surface area contributed by atoms with Crippen LogP contribution in [-0.4, -0.2) is 69.9 Å². The van der Waals surface area contributed by atoms with E-state index >= 15 is 0 Å². The molecule has 2 aromatic carbocycles. The molecule has 0 aliphatic carbocycles. The number of benzene rings is 2. The van der Waals surface area contributed by atoms with Crippen molar-refractivity contribution in [3.05, 3.63) is 47.5 Å². The maximum atomic E-state index is 12.9. The standard InChI is InChI=1S/C28H36N2O8/c1-5-37-17-19-15-23(34-2)25(24(16-19)35-3)20-8-6-18(7-9-20)14-22(28(32)33)29-27(31)26(30-36-4)21-10-12-38-13-11-21/h6-9,15-16,21-22H,5,10-14,17H2,1-4H3,(H,29,31)(H,32,33)/b30-26-/t22-/m0/s1. The molecule has 1 fully saturated rings. The van der Waals surface area contributed by atoms with Crippen LogP contribution in [-0.2, 0) is 36.9 Å². The van der Waals surface area contributed by atoms with Crippen LogP contribution in [0.5, 0.6) is 11.5 Å². The number of oxime groups is 1. The molecule has 1 atom stereocenters. The predicted molar refractivity (Wildman–Crippen MR) is 142 cm³/mol. The Kier molecular flexibility index (Phi) is 10.9. The zero-order valence-electron chi connectivity index (χ0n) is 22.3. The van der Waals surface area contributed by atoms with Gasteiger partial charge in [0.05, 0.1) is 26.4 Å². The average Bonchev–Trinajstić information content (AvgIpc) is 2.94. The Bertz CT molecular complexity index is 1090. The largest absolute Gasteiger partial charge is 0.496 e. The first-order chi connectivity index (χ1) is 18.4. The minimum atomic E-state index is -1.14. The molecule has 0 bridgehead atoms. The van der Waals surface area contributed by atoms with Crippen LogP contribution in [0.15, 0.2) is 41.6 Å². The van der Waals surface area contributed by atoms with Crippen LogP contribution in [0.4, 0.5) is 0 Å². The highest BCUT2D eigenvalue weighted by atomic mass is 16.6. The van der Waals surface area contributed by atoms with Crippen molar-refractivity contribution < 1.29 is 38.5 Å². The number of carboxylic acids is 1. The second kappa shape index (κ2) is 14.3. The molecule has 0 saturated carbocycles. The lowest BCUT2D eigenvalue weighted by atomic mass is 9.93. The smallest absolute Gasteiger partial charge is 0.326 e. The summed E-state index contributed by atoms with van der Waals surface area (Å²) in [4.78, 5) is 29.8. The molecule has 0 spiro atoms. The van der Waals surface area contributed by atoms with Crippen LogP contribution in [0, 0.1) is 5.92 Å². The van der Waals surface area contributed by atoms with E-state index in [1.54, 1.807) is 14.2 Å². The van der Waals surface area contributed by atoms with Gasteiger partial charge < -0.3 is 34.2 Å². The highest BCUT2D eigenvalue weighted by Crippen LogP contribution is 2.40. The average molecular weight is 529 g/mol. The lowest BCUT2D eigenvalue weighted by Gasteiger charge is -2.23. The number of nitrogens with zero attached hydrogens (tertiary/aromatic N) is 1. The number of amides is 1. The van der Waals surface area contributed by atoms with Gasteiger partial charge in [0.2, 0.25) is 0 Å². The Morgan fingerprint density at radius 2 is 1.68 bits per heavy atom. The van der Waals surface area contributed by atoms with Crippen molar-refractivity contribution in [1.82, 2.24) is 5.32 Å². The maximum absolute atomic E-state index is 12.9. The minimum Gasteiger partial charge on any atom is -0.496 e. The molecule has 2 N–H and O–H groups in total. The topological polar surface area (TPSA) is 125 Å². The molecule has 1 amide bonds. The normalized spacial score (nSPS) is 15.0. The Labute approximate surface area is 222 Å². The highest BCUT2D eigenvalue weighted by Gasteiger charge is 2.29. The number of carbonyl (C=O) groups is 2. The van der Waals surface area contributed by atoms with Crippen molar-refractivity contribution in [1.29, 1.82) is 0 Å². The molecule has 2 aromatic rings. The zero-order valence-corrected chi connectivity index (χ0v) is 22.3. The molecule has 0 radical (unpaired) electrons. The van der Waals surface area contributed by atoms with E-state index < -0.39 is 17.9 Å². The Balaban J connectivity index is 1.78. The van der Waals surface area contributed by atoms with E-state index in [0.29, 0.717) is 50.8 Å². The van der Waals surface area contributed by atoms with Crippen LogP contribution < -0.4 is 14.8 Å². The van der Waals surface area contributed by atoms with Gasteiger partial charge in [-0.25, -0.2) is 4.79 Å². The molecule has 3 rings (SSSR count). The zero-order chi connectivity index (χ0) is 27.5. The molecule has 1 heterocycles. The summed E-state index contributed by atoms with van der Waals surface area (Å²) < 4.78 is 22.1. The number of aliphatic carboxylic acids is 1. The van der Waals surface area contributed by atoms with Crippen molar-refractivity contribution in [2.24, 2.45) is 11.1 Å². The number of hydrogen-bond donors (Lipinski definition) is 2. The quantitative estimate of drug-likeness (QED) is 0.299. The highest BCUT2D eigenvalue weighted by molar-refractivity contribution is 6.39. The van der Waals surface area contributed by atoms with Crippen LogP contribution in [0.2, 0.25) is 0 Å². The van der Waals surface area contributed by atoms with Gasteiger partial charge in [0, 0.05) is 32.2 Å². The van der Waals surface area contributed by atoms with Gasteiger partial charge in [0.25, 0.3) is 5.91 Å². The summed E-state index contributed by atoms with van der Waals surface area (Å²) in [6, 6.07) is 10.1. The number of methoxy groups -OCH3 is 2. The number of carboxylic acid groups (broad SMARTS) is 1. The third kappa shape index (κ3) is 7.45. The van der Waals surface area contributed by atoms with Crippen molar-refractivity contribution in [2.45, 2.75) is 38.8 Å². The van der Waals surface area contributed by atoms with Gasteiger partial charge >= 0.3 is 5.97 Å². The first-order valence-electron chi connectivity index (χ1n) is 12.6. The van der Waals surface area contributed by atoms with E-state index in [1.165, 1.54) is 7.11 Å². The minimum absolute atomic E-state index is 0.0942. The third-order valence-corrected chi connectivity index (χ3v) is 6.35. The fourth-order valence-electron chi connectivity index (χ4n) is 4.40.